The maximum absolute atomic E-state index is 13.7. The van der Waals surface area contributed by atoms with Gasteiger partial charge in [0, 0.05) is 12.7 Å². The number of ether oxygens (including phenoxy) is 1. The Morgan fingerprint density at radius 2 is 2.10 bits per heavy atom. The minimum atomic E-state index is -3.51. The summed E-state index contributed by atoms with van der Waals surface area (Å²) >= 11 is 1.37. The largest absolute Gasteiger partial charge is 0.494 e. The highest BCUT2D eigenvalue weighted by Gasteiger charge is 2.38. The van der Waals surface area contributed by atoms with Gasteiger partial charge in [0.2, 0.25) is 15.9 Å². The van der Waals surface area contributed by atoms with Crippen LogP contribution in [0, 0.1) is 0 Å². The van der Waals surface area contributed by atoms with E-state index in [0.29, 0.717) is 35.1 Å². The van der Waals surface area contributed by atoms with Gasteiger partial charge in [-0.05, 0) is 37.1 Å². The van der Waals surface area contributed by atoms with Crippen molar-refractivity contribution in [3.8, 4) is 5.75 Å². The molecular formula is C21H24N4O4S2. The van der Waals surface area contributed by atoms with Gasteiger partial charge >= 0.3 is 0 Å². The summed E-state index contributed by atoms with van der Waals surface area (Å²) in [4.78, 5) is 24.3. The summed E-state index contributed by atoms with van der Waals surface area (Å²) in [7, 11) is -1.93. The van der Waals surface area contributed by atoms with Gasteiger partial charge in [-0.2, -0.15) is 4.31 Å². The number of thiazole rings is 1. The minimum absolute atomic E-state index is 0.204. The second-order valence-corrected chi connectivity index (χ2v) is 10.4. The van der Waals surface area contributed by atoms with Crippen molar-refractivity contribution in [2.75, 3.05) is 24.8 Å². The Hall–Kier alpha value is -2.56. The zero-order chi connectivity index (χ0) is 22.0. The number of fused-ring (bicyclic) bond motifs is 1. The van der Waals surface area contributed by atoms with Crippen LogP contribution in [-0.2, 0) is 21.4 Å². The van der Waals surface area contributed by atoms with Gasteiger partial charge in [-0.3, -0.25) is 14.7 Å². The molecular weight excluding hydrogens is 436 g/mol. The molecule has 10 heteroatoms. The summed E-state index contributed by atoms with van der Waals surface area (Å²) < 4.78 is 32.3. The molecule has 0 N–H and O–H groups in total. The number of hydrogen-bond donors (Lipinski definition) is 0. The summed E-state index contributed by atoms with van der Waals surface area (Å²) in [5.41, 5.74) is 1.37. The molecule has 0 saturated carbocycles. The number of amides is 1. The molecule has 8 nitrogen and oxygen atoms in total. The third-order valence-corrected chi connectivity index (χ3v) is 7.63. The van der Waals surface area contributed by atoms with E-state index in [1.807, 2.05) is 36.4 Å². The molecule has 1 amide bonds. The first kappa shape index (κ1) is 21.7. The topological polar surface area (TPSA) is 92.7 Å². The number of nitrogens with zero attached hydrogens (tertiary/aromatic N) is 4. The zero-order valence-corrected chi connectivity index (χ0v) is 19.0. The number of sulfonamides is 1. The van der Waals surface area contributed by atoms with Crippen LogP contribution in [0.15, 0.2) is 42.6 Å². The monoisotopic (exact) mass is 460 g/mol. The maximum Gasteiger partial charge on any atom is 0.247 e. The number of hydrogen-bond acceptors (Lipinski definition) is 7. The maximum atomic E-state index is 13.7. The summed E-state index contributed by atoms with van der Waals surface area (Å²) in [5, 5.41) is 0.495. The molecule has 1 saturated heterocycles. The molecule has 4 rings (SSSR count). The Morgan fingerprint density at radius 1 is 1.26 bits per heavy atom. The molecule has 3 heterocycles. The normalized spacial score (nSPS) is 17.5. The van der Waals surface area contributed by atoms with Crippen LogP contribution in [0.4, 0.5) is 5.13 Å². The summed E-state index contributed by atoms with van der Waals surface area (Å²) in [5.74, 6) is 0.342. The first-order valence-electron chi connectivity index (χ1n) is 10.00. The van der Waals surface area contributed by atoms with Gasteiger partial charge in [-0.1, -0.05) is 29.9 Å². The lowest BCUT2D eigenvalue weighted by atomic mass is 10.0. The van der Waals surface area contributed by atoms with E-state index in [1.165, 1.54) is 15.6 Å². The van der Waals surface area contributed by atoms with E-state index in [4.69, 9.17) is 4.74 Å². The Labute approximate surface area is 185 Å². The van der Waals surface area contributed by atoms with Crippen molar-refractivity contribution < 1.29 is 17.9 Å². The van der Waals surface area contributed by atoms with Crippen LogP contribution in [0.3, 0.4) is 0 Å². The lowest BCUT2D eigenvalue weighted by molar-refractivity contribution is -0.123. The molecule has 2 aromatic heterocycles. The number of rotatable bonds is 6. The van der Waals surface area contributed by atoms with Crippen LogP contribution in [0.25, 0.3) is 10.2 Å². The third kappa shape index (κ3) is 4.56. The van der Waals surface area contributed by atoms with Crippen molar-refractivity contribution in [2.45, 2.75) is 31.8 Å². The molecule has 0 spiro atoms. The van der Waals surface area contributed by atoms with Crippen LogP contribution in [0.1, 0.15) is 25.0 Å². The molecule has 0 radical (unpaired) electrons. The van der Waals surface area contributed by atoms with E-state index in [9.17, 15) is 13.2 Å². The van der Waals surface area contributed by atoms with Crippen molar-refractivity contribution in [3.63, 3.8) is 0 Å². The van der Waals surface area contributed by atoms with Gasteiger partial charge in [0.1, 0.15) is 17.3 Å². The van der Waals surface area contributed by atoms with Crippen molar-refractivity contribution in [1.29, 1.82) is 0 Å². The second kappa shape index (κ2) is 8.89. The molecule has 31 heavy (non-hydrogen) atoms. The van der Waals surface area contributed by atoms with E-state index in [-0.39, 0.29) is 12.5 Å². The smallest absolute Gasteiger partial charge is 0.247 e. The van der Waals surface area contributed by atoms with Gasteiger partial charge in [0.25, 0.3) is 0 Å². The molecule has 0 bridgehead atoms. The Bertz CT molecular complexity index is 1180. The van der Waals surface area contributed by atoms with E-state index < -0.39 is 16.1 Å². The van der Waals surface area contributed by atoms with Gasteiger partial charge in [0.15, 0.2) is 5.13 Å². The minimum Gasteiger partial charge on any atom is -0.494 e. The predicted molar refractivity (Wildman–Crippen MR) is 121 cm³/mol. The van der Waals surface area contributed by atoms with Gasteiger partial charge < -0.3 is 4.74 Å². The lowest BCUT2D eigenvalue weighted by Crippen LogP contribution is -2.52. The van der Waals surface area contributed by atoms with Crippen molar-refractivity contribution in [1.82, 2.24) is 14.3 Å². The van der Waals surface area contributed by atoms with Crippen LogP contribution < -0.4 is 9.64 Å². The first-order valence-corrected chi connectivity index (χ1v) is 12.7. The van der Waals surface area contributed by atoms with E-state index in [2.05, 4.69) is 9.97 Å². The fourth-order valence-corrected chi connectivity index (χ4v) is 5.92. The molecule has 1 fully saturated rings. The van der Waals surface area contributed by atoms with E-state index in [0.717, 1.165) is 23.8 Å². The quantitative estimate of drug-likeness (QED) is 0.561. The lowest BCUT2D eigenvalue weighted by Gasteiger charge is -2.35. The number of methoxy groups -OCH3 is 1. The standard InChI is InChI=1S/C21H24N4O4S2/c1-29-17-10-7-11-18-19(17)23-21(30-18)24(14-15-8-3-5-12-22-15)20(26)16-9-4-6-13-25(16)31(2,27)28/h3,5,7-8,10-12,16H,4,6,9,13-14H2,1-2H3. The number of piperidine rings is 1. The molecule has 164 valence electrons. The predicted octanol–water partition coefficient (Wildman–Crippen LogP) is 3.05. The number of carbonyl (C=O) groups is 1. The van der Waals surface area contributed by atoms with Crippen LogP contribution in [-0.4, -0.2) is 54.6 Å². The first-order chi connectivity index (χ1) is 14.9. The average molecular weight is 461 g/mol. The second-order valence-electron chi connectivity index (χ2n) is 7.43. The number of para-hydroxylation sites is 1. The number of benzene rings is 1. The summed E-state index contributed by atoms with van der Waals surface area (Å²) in [6.45, 7) is 0.552. The molecule has 3 aromatic rings. The Balaban J connectivity index is 1.76. The van der Waals surface area contributed by atoms with Crippen molar-refractivity contribution >= 4 is 42.6 Å². The van der Waals surface area contributed by atoms with Gasteiger partial charge in [-0.15, -0.1) is 0 Å². The van der Waals surface area contributed by atoms with Crippen molar-refractivity contribution in [2.24, 2.45) is 0 Å². The summed E-state index contributed by atoms with van der Waals surface area (Å²) in [6, 6.07) is 10.4. The Morgan fingerprint density at radius 3 is 2.81 bits per heavy atom. The number of pyridine rings is 1. The van der Waals surface area contributed by atoms with Crippen LogP contribution in [0.2, 0.25) is 0 Å². The van der Waals surface area contributed by atoms with Crippen molar-refractivity contribution in [3.05, 3.63) is 48.3 Å². The highest BCUT2D eigenvalue weighted by atomic mass is 32.2. The highest BCUT2D eigenvalue weighted by molar-refractivity contribution is 7.88. The highest BCUT2D eigenvalue weighted by Crippen LogP contribution is 2.35. The van der Waals surface area contributed by atoms with Gasteiger partial charge in [-0.25, -0.2) is 13.4 Å². The molecule has 1 aliphatic heterocycles. The molecule has 1 unspecified atom stereocenters. The SMILES string of the molecule is COc1cccc2sc(N(Cc3ccccn3)C(=O)C3CCCCN3S(C)(=O)=O)nc12. The molecule has 1 aromatic carbocycles. The fraction of sp³-hybridized carbons (Fsp3) is 0.381. The average Bonchev–Trinajstić information content (AvgIpc) is 3.21. The summed E-state index contributed by atoms with van der Waals surface area (Å²) in [6.07, 6.45) is 4.86. The van der Waals surface area contributed by atoms with Gasteiger partial charge in [0.05, 0.1) is 30.3 Å². The van der Waals surface area contributed by atoms with Crippen LogP contribution in [0.5, 0.6) is 5.75 Å². The number of anilines is 1. The number of carbonyl (C=O) groups excluding carboxylic acids is 1. The van der Waals surface area contributed by atoms with Crippen LogP contribution >= 0.6 is 11.3 Å². The number of aromatic nitrogens is 2. The van der Waals surface area contributed by atoms with E-state index in [1.54, 1.807) is 18.2 Å². The Kier molecular flexibility index (Phi) is 6.22. The molecule has 1 aliphatic rings. The third-order valence-electron chi connectivity index (χ3n) is 5.30. The fourth-order valence-electron chi connectivity index (χ4n) is 3.81. The zero-order valence-electron chi connectivity index (χ0n) is 17.4. The molecule has 1 atom stereocenters. The molecule has 0 aliphatic carbocycles. The van der Waals surface area contributed by atoms with E-state index >= 15 is 0 Å².